The molecule has 0 aliphatic rings. The highest BCUT2D eigenvalue weighted by Gasteiger charge is 2.13. The number of nitrogens with zero attached hydrogens (tertiary/aromatic N) is 2. The zero-order valence-corrected chi connectivity index (χ0v) is 8.06. The van der Waals surface area contributed by atoms with Crippen molar-refractivity contribution in [3.05, 3.63) is 18.2 Å². The SMILES string of the molecule is O=C(O)c1cn(CCNC(=O)C(F)F)cn1. The maximum Gasteiger partial charge on any atom is 0.356 e. The molecule has 2 N–H and O–H groups in total. The van der Waals surface area contributed by atoms with Crippen LogP contribution in [0.25, 0.3) is 0 Å². The minimum atomic E-state index is -3.04. The molecule has 16 heavy (non-hydrogen) atoms. The van der Waals surface area contributed by atoms with Crippen molar-refractivity contribution in [1.82, 2.24) is 14.9 Å². The smallest absolute Gasteiger partial charge is 0.356 e. The summed E-state index contributed by atoms with van der Waals surface area (Å²) in [6.07, 6.45) is -0.549. The monoisotopic (exact) mass is 233 g/mol. The predicted molar refractivity (Wildman–Crippen MR) is 48.2 cm³/mol. The van der Waals surface area contributed by atoms with Crippen LogP contribution < -0.4 is 5.32 Å². The molecule has 1 amide bonds. The van der Waals surface area contributed by atoms with Gasteiger partial charge in [-0.25, -0.2) is 9.78 Å². The van der Waals surface area contributed by atoms with E-state index in [2.05, 4.69) is 4.98 Å². The van der Waals surface area contributed by atoms with Gasteiger partial charge in [0, 0.05) is 19.3 Å². The fourth-order valence-corrected chi connectivity index (χ4v) is 0.978. The predicted octanol–water partition coefficient (Wildman–Crippen LogP) is -0.0374. The lowest BCUT2D eigenvalue weighted by Gasteiger charge is -2.04. The summed E-state index contributed by atoms with van der Waals surface area (Å²) in [5.41, 5.74) is -0.139. The molecule has 0 fully saturated rings. The number of aromatic nitrogens is 2. The van der Waals surface area contributed by atoms with Crippen LogP contribution in [0.15, 0.2) is 12.5 Å². The van der Waals surface area contributed by atoms with Crippen molar-refractivity contribution < 1.29 is 23.5 Å². The summed E-state index contributed by atoms with van der Waals surface area (Å²) in [6, 6.07) is 0. The summed E-state index contributed by atoms with van der Waals surface area (Å²) in [7, 11) is 0. The van der Waals surface area contributed by atoms with Crippen molar-refractivity contribution in [2.45, 2.75) is 13.0 Å². The lowest BCUT2D eigenvalue weighted by atomic mass is 10.5. The van der Waals surface area contributed by atoms with E-state index in [0.29, 0.717) is 0 Å². The van der Waals surface area contributed by atoms with Crippen molar-refractivity contribution >= 4 is 11.9 Å². The number of alkyl halides is 2. The highest BCUT2D eigenvalue weighted by Crippen LogP contribution is 1.96. The Morgan fingerprint density at radius 2 is 2.25 bits per heavy atom. The Morgan fingerprint density at radius 3 is 2.75 bits per heavy atom. The highest BCUT2D eigenvalue weighted by molar-refractivity contribution is 5.84. The second-order valence-electron chi connectivity index (χ2n) is 2.89. The lowest BCUT2D eigenvalue weighted by molar-refractivity contribution is -0.131. The van der Waals surface area contributed by atoms with Crippen molar-refractivity contribution in [3.8, 4) is 0 Å². The quantitative estimate of drug-likeness (QED) is 0.747. The Labute approximate surface area is 88.9 Å². The molecule has 0 radical (unpaired) electrons. The van der Waals surface area contributed by atoms with Crippen molar-refractivity contribution in [3.63, 3.8) is 0 Å². The van der Waals surface area contributed by atoms with Gasteiger partial charge in [-0.2, -0.15) is 8.78 Å². The number of hydrogen-bond acceptors (Lipinski definition) is 3. The van der Waals surface area contributed by atoms with Gasteiger partial charge in [0.25, 0.3) is 5.91 Å². The zero-order valence-electron chi connectivity index (χ0n) is 8.06. The first kappa shape index (κ1) is 12.1. The van der Waals surface area contributed by atoms with Gasteiger partial charge in [0.05, 0.1) is 6.33 Å². The van der Waals surface area contributed by atoms with E-state index in [1.54, 1.807) is 0 Å². The van der Waals surface area contributed by atoms with Gasteiger partial charge in [0.1, 0.15) is 0 Å². The fraction of sp³-hybridized carbons (Fsp3) is 0.375. The first-order chi connectivity index (χ1) is 7.50. The lowest BCUT2D eigenvalue weighted by Crippen LogP contribution is -2.32. The molecule has 0 spiro atoms. The molecule has 88 valence electrons. The number of rotatable bonds is 5. The third kappa shape index (κ3) is 3.30. The largest absolute Gasteiger partial charge is 0.476 e. The van der Waals surface area contributed by atoms with Crippen LogP contribution in [0.2, 0.25) is 0 Å². The Hall–Kier alpha value is -1.99. The molecule has 6 nitrogen and oxygen atoms in total. The van der Waals surface area contributed by atoms with Crippen LogP contribution in [0, 0.1) is 0 Å². The van der Waals surface area contributed by atoms with E-state index < -0.39 is 18.3 Å². The molecular weight excluding hydrogens is 224 g/mol. The number of carboxylic acid groups (broad SMARTS) is 1. The number of nitrogens with one attached hydrogen (secondary N) is 1. The van der Waals surface area contributed by atoms with Gasteiger partial charge in [0.2, 0.25) is 0 Å². The maximum absolute atomic E-state index is 11.8. The molecule has 0 bridgehead atoms. The van der Waals surface area contributed by atoms with Crippen LogP contribution in [0.3, 0.4) is 0 Å². The van der Waals surface area contributed by atoms with Crippen molar-refractivity contribution in [2.24, 2.45) is 0 Å². The molecule has 8 heteroatoms. The third-order valence-corrected chi connectivity index (χ3v) is 1.72. The van der Waals surface area contributed by atoms with E-state index in [9.17, 15) is 18.4 Å². The van der Waals surface area contributed by atoms with Crippen LogP contribution in [0.4, 0.5) is 8.78 Å². The highest BCUT2D eigenvalue weighted by atomic mass is 19.3. The summed E-state index contributed by atoms with van der Waals surface area (Å²) in [5, 5.41) is 10.5. The van der Waals surface area contributed by atoms with Gasteiger partial charge in [0.15, 0.2) is 5.69 Å². The first-order valence-electron chi connectivity index (χ1n) is 4.31. The van der Waals surface area contributed by atoms with Crippen LogP contribution >= 0.6 is 0 Å². The standard InChI is InChI=1S/C8H9F2N3O3/c9-6(10)7(14)11-1-2-13-3-5(8(15)16)12-4-13/h3-4,6H,1-2H2,(H,11,14)(H,15,16). The average Bonchev–Trinajstić information content (AvgIpc) is 2.66. The van der Waals surface area contributed by atoms with Gasteiger partial charge in [-0.1, -0.05) is 0 Å². The van der Waals surface area contributed by atoms with E-state index in [1.165, 1.54) is 17.1 Å². The normalized spacial score (nSPS) is 10.4. The molecule has 0 aromatic carbocycles. The number of amides is 1. The minimum Gasteiger partial charge on any atom is -0.476 e. The Kier molecular flexibility index (Phi) is 3.92. The molecule has 0 saturated carbocycles. The molecule has 1 aromatic rings. The fourth-order valence-electron chi connectivity index (χ4n) is 0.978. The van der Waals surface area contributed by atoms with Crippen LogP contribution in [0.5, 0.6) is 0 Å². The van der Waals surface area contributed by atoms with Crippen LogP contribution in [-0.4, -0.2) is 39.5 Å². The summed E-state index contributed by atoms with van der Waals surface area (Å²) < 4.78 is 24.9. The van der Waals surface area contributed by atoms with Gasteiger partial charge in [-0.3, -0.25) is 4.79 Å². The third-order valence-electron chi connectivity index (χ3n) is 1.72. The molecule has 1 rings (SSSR count). The minimum absolute atomic E-state index is 0.0153. The van der Waals surface area contributed by atoms with E-state index in [-0.39, 0.29) is 18.8 Å². The maximum atomic E-state index is 11.8. The molecule has 1 aromatic heterocycles. The number of aromatic carboxylic acids is 1. The molecular formula is C8H9F2N3O3. The molecule has 0 saturated heterocycles. The molecule has 0 aliphatic carbocycles. The Morgan fingerprint density at radius 1 is 1.56 bits per heavy atom. The Bertz CT molecular complexity index is 392. The second-order valence-corrected chi connectivity index (χ2v) is 2.89. The summed E-state index contributed by atoms with van der Waals surface area (Å²) >= 11 is 0. The molecule has 0 aliphatic heterocycles. The number of carboxylic acids is 1. The molecule has 0 atom stereocenters. The van der Waals surface area contributed by atoms with Crippen molar-refractivity contribution in [2.75, 3.05) is 6.54 Å². The molecule has 0 unspecified atom stereocenters. The van der Waals surface area contributed by atoms with Gasteiger partial charge < -0.3 is 15.0 Å². The average molecular weight is 233 g/mol. The van der Waals surface area contributed by atoms with E-state index in [4.69, 9.17) is 5.11 Å². The topological polar surface area (TPSA) is 84.2 Å². The number of halogens is 2. The van der Waals surface area contributed by atoms with Crippen LogP contribution in [0.1, 0.15) is 10.5 Å². The Balaban J connectivity index is 2.37. The number of imidazole rings is 1. The van der Waals surface area contributed by atoms with E-state index in [1.807, 2.05) is 5.32 Å². The van der Waals surface area contributed by atoms with Gasteiger partial charge >= 0.3 is 12.4 Å². The van der Waals surface area contributed by atoms with Crippen molar-refractivity contribution in [1.29, 1.82) is 0 Å². The number of carbonyl (C=O) groups is 2. The van der Waals surface area contributed by atoms with E-state index >= 15 is 0 Å². The van der Waals surface area contributed by atoms with Gasteiger partial charge in [-0.15, -0.1) is 0 Å². The number of carbonyl (C=O) groups excluding carboxylic acids is 1. The van der Waals surface area contributed by atoms with E-state index in [0.717, 1.165) is 0 Å². The zero-order chi connectivity index (χ0) is 12.1. The first-order valence-corrected chi connectivity index (χ1v) is 4.31. The molecule has 1 heterocycles. The van der Waals surface area contributed by atoms with Gasteiger partial charge in [-0.05, 0) is 0 Å². The number of hydrogen-bond donors (Lipinski definition) is 2. The van der Waals surface area contributed by atoms with Crippen LogP contribution in [-0.2, 0) is 11.3 Å². The second kappa shape index (κ2) is 5.19. The summed E-state index contributed by atoms with van der Waals surface area (Å²) in [4.78, 5) is 24.5. The summed E-state index contributed by atoms with van der Waals surface area (Å²) in [5.74, 6) is -2.52. The summed E-state index contributed by atoms with van der Waals surface area (Å²) in [6.45, 7) is 0.164.